The molecule has 1 heterocycles. The highest BCUT2D eigenvalue weighted by Gasteiger charge is 2.25. The molecule has 0 bridgehead atoms. The lowest BCUT2D eigenvalue weighted by molar-refractivity contribution is -0.133. The lowest BCUT2D eigenvalue weighted by atomic mass is 10.1. The van der Waals surface area contributed by atoms with E-state index < -0.39 is 12.6 Å². The number of hydrogen-bond acceptors (Lipinski definition) is 2. The summed E-state index contributed by atoms with van der Waals surface area (Å²) in [5, 5.41) is 2.83. The number of alkyl halides is 3. The highest BCUT2D eigenvalue weighted by atomic mass is 19.4. The van der Waals surface area contributed by atoms with E-state index in [4.69, 9.17) is 0 Å². The molecule has 1 N–H and O–H groups in total. The van der Waals surface area contributed by atoms with Crippen molar-refractivity contribution in [3.8, 4) is 0 Å². The third kappa shape index (κ3) is 7.06. The summed E-state index contributed by atoms with van der Waals surface area (Å²) in [5.74, 6) is 0. The van der Waals surface area contributed by atoms with Crippen molar-refractivity contribution in [2.24, 2.45) is 0 Å². The van der Waals surface area contributed by atoms with Gasteiger partial charge in [0.05, 0.1) is 6.42 Å². The lowest BCUT2D eigenvalue weighted by Crippen LogP contribution is -2.32. The minimum Gasteiger partial charge on any atom is -0.316 e. The molecule has 0 aromatic carbocycles. The molecule has 0 amide bonds. The molecule has 1 saturated heterocycles. The lowest BCUT2D eigenvalue weighted by Gasteiger charge is -2.26. The van der Waals surface area contributed by atoms with Gasteiger partial charge in [-0.2, -0.15) is 13.2 Å². The van der Waals surface area contributed by atoms with Gasteiger partial charge in [0, 0.05) is 6.54 Å². The van der Waals surface area contributed by atoms with Gasteiger partial charge in [-0.3, -0.25) is 0 Å². The predicted octanol–water partition coefficient (Wildman–Crippen LogP) is 2.40. The quantitative estimate of drug-likeness (QED) is 0.715. The van der Waals surface area contributed by atoms with Crippen molar-refractivity contribution >= 4 is 0 Å². The highest BCUT2D eigenvalue weighted by molar-refractivity contribution is 4.65. The summed E-state index contributed by atoms with van der Waals surface area (Å²) in [6.07, 6.45) is 0.0395. The first-order valence-electron chi connectivity index (χ1n) is 6.08. The molecular weight excluding hydrogens is 217 g/mol. The zero-order valence-corrected chi connectivity index (χ0v) is 9.65. The van der Waals surface area contributed by atoms with Crippen LogP contribution in [-0.2, 0) is 0 Å². The molecule has 0 aromatic heterocycles. The second kappa shape index (κ2) is 7.12. The molecule has 16 heavy (non-hydrogen) atoms. The third-order valence-electron chi connectivity index (χ3n) is 2.86. The molecule has 0 spiro atoms. The monoisotopic (exact) mass is 238 g/mol. The van der Waals surface area contributed by atoms with Crippen molar-refractivity contribution in [1.29, 1.82) is 0 Å². The molecule has 1 rings (SSSR count). The Labute approximate surface area is 95.2 Å². The van der Waals surface area contributed by atoms with E-state index in [9.17, 15) is 13.2 Å². The molecule has 1 fully saturated rings. The summed E-state index contributed by atoms with van der Waals surface area (Å²) < 4.78 is 35.4. The largest absolute Gasteiger partial charge is 0.390 e. The van der Waals surface area contributed by atoms with Crippen LogP contribution in [0.2, 0.25) is 0 Å². The van der Waals surface area contributed by atoms with Crippen LogP contribution in [0.3, 0.4) is 0 Å². The molecule has 0 unspecified atom stereocenters. The van der Waals surface area contributed by atoms with E-state index in [-0.39, 0.29) is 6.54 Å². The van der Waals surface area contributed by atoms with Gasteiger partial charge >= 0.3 is 6.18 Å². The van der Waals surface area contributed by atoms with Crippen LogP contribution in [-0.4, -0.2) is 43.8 Å². The number of nitrogens with zero attached hydrogens (tertiary/aromatic N) is 1. The molecule has 5 heteroatoms. The van der Waals surface area contributed by atoms with E-state index in [1.54, 1.807) is 0 Å². The summed E-state index contributed by atoms with van der Waals surface area (Å²) in [4.78, 5) is 2.40. The maximum absolute atomic E-state index is 11.8. The van der Waals surface area contributed by atoms with Gasteiger partial charge in [-0.05, 0) is 45.4 Å². The summed E-state index contributed by atoms with van der Waals surface area (Å²) in [6.45, 7) is 4.06. The van der Waals surface area contributed by atoms with Crippen LogP contribution in [0.15, 0.2) is 0 Å². The van der Waals surface area contributed by atoms with Crippen molar-refractivity contribution in [3.05, 3.63) is 0 Å². The zero-order chi connectivity index (χ0) is 11.9. The number of hydrogen-bond donors (Lipinski definition) is 1. The Kier molecular flexibility index (Phi) is 6.13. The first-order valence-corrected chi connectivity index (χ1v) is 6.08. The fraction of sp³-hybridized carbons (Fsp3) is 1.00. The van der Waals surface area contributed by atoms with Crippen LogP contribution in [0.5, 0.6) is 0 Å². The summed E-state index contributed by atoms with van der Waals surface area (Å²) in [7, 11) is 0. The molecular formula is C11H21F3N2. The van der Waals surface area contributed by atoms with E-state index in [1.807, 2.05) is 0 Å². The molecule has 0 aliphatic carbocycles. The molecule has 0 atom stereocenters. The van der Waals surface area contributed by atoms with Crippen molar-refractivity contribution in [3.63, 3.8) is 0 Å². The number of nitrogens with one attached hydrogen (secondary N) is 1. The maximum atomic E-state index is 11.8. The van der Waals surface area contributed by atoms with Crippen molar-refractivity contribution in [2.45, 2.75) is 38.3 Å². The highest BCUT2D eigenvalue weighted by Crippen LogP contribution is 2.18. The van der Waals surface area contributed by atoms with Gasteiger partial charge in [-0.1, -0.05) is 6.42 Å². The van der Waals surface area contributed by atoms with E-state index in [2.05, 4.69) is 10.2 Å². The number of halogens is 3. The van der Waals surface area contributed by atoms with E-state index in [0.29, 0.717) is 6.54 Å². The molecule has 0 radical (unpaired) electrons. The Bertz CT molecular complexity index is 177. The second-order valence-corrected chi connectivity index (χ2v) is 4.37. The third-order valence-corrected chi connectivity index (χ3v) is 2.86. The van der Waals surface area contributed by atoms with Gasteiger partial charge in [0.1, 0.15) is 0 Å². The summed E-state index contributed by atoms with van der Waals surface area (Å²) in [6, 6.07) is 0. The topological polar surface area (TPSA) is 15.3 Å². The minimum atomic E-state index is -4.03. The fourth-order valence-electron chi connectivity index (χ4n) is 1.97. The smallest absolute Gasteiger partial charge is 0.316 e. The molecule has 96 valence electrons. The Hall–Kier alpha value is -0.290. The Morgan fingerprint density at radius 1 is 1.00 bits per heavy atom. The van der Waals surface area contributed by atoms with Crippen LogP contribution >= 0.6 is 0 Å². The van der Waals surface area contributed by atoms with Crippen molar-refractivity contribution in [2.75, 3.05) is 32.7 Å². The zero-order valence-electron chi connectivity index (χ0n) is 9.65. The fourth-order valence-corrected chi connectivity index (χ4v) is 1.97. The second-order valence-electron chi connectivity index (χ2n) is 4.37. The predicted molar refractivity (Wildman–Crippen MR) is 58.4 cm³/mol. The van der Waals surface area contributed by atoms with Gasteiger partial charge in [-0.25, -0.2) is 0 Å². The first kappa shape index (κ1) is 13.8. The molecule has 1 aliphatic rings. The van der Waals surface area contributed by atoms with Gasteiger partial charge in [-0.15, -0.1) is 0 Å². The number of piperidine rings is 1. The van der Waals surface area contributed by atoms with Crippen LogP contribution in [0.1, 0.15) is 32.1 Å². The summed E-state index contributed by atoms with van der Waals surface area (Å²) in [5.41, 5.74) is 0. The van der Waals surface area contributed by atoms with Crippen LogP contribution in [0.4, 0.5) is 13.2 Å². The van der Waals surface area contributed by atoms with Crippen LogP contribution in [0, 0.1) is 0 Å². The minimum absolute atomic E-state index is 0.0451. The van der Waals surface area contributed by atoms with E-state index in [0.717, 1.165) is 26.1 Å². The molecule has 1 aliphatic heterocycles. The van der Waals surface area contributed by atoms with Crippen molar-refractivity contribution < 1.29 is 13.2 Å². The van der Waals surface area contributed by atoms with Crippen LogP contribution < -0.4 is 5.32 Å². The number of likely N-dealkylation sites (tertiary alicyclic amines) is 1. The maximum Gasteiger partial charge on any atom is 0.390 e. The van der Waals surface area contributed by atoms with Gasteiger partial charge in [0.25, 0.3) is 0 Å². The van der Waals surface area contributed by atoms with Gasteiger partial charge in [0.2, 0.25) is 0 Å². The van der Waals surface area contributed by atoms with Crippen LogP contribution in [0.25, 0.3) is 0 Å². The van der Waals surface area contributed by atoms with Gasteiger partial charge < -0.3 is 10.2 Å². The SMILES string of the molecule is FC(F)(F)CCNCCCN1CCCCC1. The average molecular weight is 238 g/mol. The Morgan fingerprint density at radius 2 is 1.69 bits per heavy atom. The standard InChI is InChI=1S/C11H21F3N2/c12-11(13,14)5-7-15-6-4-10-16-8-2-1-3-9-16/h15H,1-10H2. The van der Waals surface area contributed by atoms with E-state index >= 15 is 0 Å². The van der Waals surface area contributed by atoms with Gasteiger partial charge in [0.15, 0.2) is 0 Å². The molecule has 0 aromatic rings. The normalized spacial score (nSPS) is 18.9. The number of rotatable bonds is 6. The first-order chi connectivity index (χ1) is 7.58. The average Bonchev–Trinajstić information content (AvgIpc) is 2.23. The summed E-state index contributed by atoms with van der Waals surface area (Å²) >= 11 is 0. The molecule has 2 nitrogen and oxygen atoms in total. The Balaban J connectivity index is 1.87. The molecule has 0 saturated carbocycles. The van der Waals surface area contributed by atoms with Crippen molar-refractivity contribution in [1.82, 2.24) is 10.2 Å². The van der Waals surface area contributed by atoms with E-state index in [1.165, 1.54) is 19.3 Å². The Morgan fingerprint density at radius 3 is 2.31 bits per heavy atom.